The van der Waals surface area contributed by atoms with Crippen LogP contribution in [0.4, 0.5) is 0 Å². The fourth-order valence-corrected chi connectivity index (χ4v) is 1.85. The topological polar surface area (TPSA) is 33.6 Å². The van der Waals surface area contributed by atoms with E-state index in [0.717, 1.165) is 19.0 Å². The minimum atomic E-state index is -0.0315. The highest BCUT2D eigenvalue weighted by Gasteiger charge is 2.33. The molecule has 0 saturated heterocycles. The lowest BCUT2D eigenvalue weighted by molar-refractivity contribution is 0.257. The lowest BCUT2D eigenvalue weighted by Gasteiger charge is -2.24. The molecule has 2 unspecified atom stereocenters. The molecule has 0 aromatic carbocycles. The molecule has 14 heavy (non-hydrogen) atoms. The Morgan fingerprint density at radius 1 is 1.57 bits per heavy atom. The molecule has 3 nitrogen and oxygen atoms in total. The molecule has 0 aliphatic carbocycles. The van der Waals surface area contributed by atoms with Gasteiger partial charge in [0.1, 0.15) is 6.61 Å². The smallest absolute Gasteiger partial charge is 0.189 e. The molecule has 2 aliphatic heterocycles. The van der Waals surface area contributed by atoms with Gasteiger partial charge in [-0.3, -0.25) is 0 Å². The SMILES string of the molecule is CC1C=CNCC1C1=NC(C)(C)CO1. The minimum Gasteiger partial charge on any atom is -0.478 e. The van der Waals surface area contributed by atoms with Crippen molar-refractivity contribution in [2.75, 3.05) is 13.2 Å². The van der Waals surface area contributed by atoms with Crippen molar-refractivity contribution in [3.63, 3.8) is 0 Å². The Morgan fingerprint density at radius 3 is 2.93 bits per heavy atom. The van der Waals surface area contributed by atoms with E-state index in [0.29, 0.717) is 11.8 Å². The van der Waals surface area contributed by atoms with Crippen molar-refractivity contribution in [2.45, 2.75) is 26.3 Å². The summed E-state index contributed by atoms with van der Waals surface area (Å²) in [6.07, 6.45) is 4.19. The van der Waals surface area contributed by atoms with Crippen molar-refractivity contribution in [2.24, 2.45) is 16.8 Å². The average Bonchev–Trinajstić information content (AvgIpc) is 2.47. The van der Waals surface area contributed by atoms with Crippen molar-refractivity contribution < 1.29 is 4.74 Å². The molecule has 0 radical (unpaired) electrons. The van der Waals surface area contributed by atoms with Crippen LogP contribution in [0, 0.1) is 11.8 Å². The molecule has 0 aromatic rings. The van der Waals surface area contributed by atoms with Gasteiger partial charge in [0.05, 0.1) is 11.5 Å². The number of nitrogens with zero attached hydrogens (tertiary/aromatic N) is 1. The van der Waals surface area contributed by atoms with E-state index in [1.54, 1.807) is 0 Å². The van der Waals surface area contributed by atoms with Crippen LogP contribution in [0.25, 0.3) is 0 Å². The van der Waals surface area contributed by atoms with Crippen LogP contribution in [0.3, 0.4) is 0 Å². The van der Waals surface area contributed by atoms with Crippen LogP contribution >= 0.6 is 0 Å². The van der Waals surface area contributed by atoms with Crippen LogP contribution in [-0.4, -0.2) is 24.6 Å². The molecule has 2 heterocycles. The molecule has 0 saturated carbocycles. The normalized spacial score (nSPS) is 34.6. The maximum atomic E-state index is 5.65. The number of ether oxygens (including phenoxy) is 1. The van der Waals surface area contributed by atoms with Crippen molar-refractivity contribution in [1.82, 2.24) is 5.32 Å². The highest BCUT2D eigenvalue weighted by atomic mass is 16.5. The Balaban J connectivity index is 2.13. The molecule has 0 bridgehead atoms. The first kappa shape index (κ1) is 9.56. The zero-order valence-corrected chi connectivity index (χ0v) is 9.08. The molecule has 3 heteroatoms. The second-order valence-electron chi connectivity index (χ2n) is 4.78. The molecule has 0 fully saturated rings. The molecule has 0 aromatic heterocycles. The third-order valence-electron chi connectivity index (χ3n) is 2.79. The number of hydrogen-bond donors (Lipinski definition) is 1. The van der Waals surface area contributed by atoms with Gasteiger partial charge >= 0.3 is 0 Å². The summed E-state index contributed by atoms with van der Waals surface area (Å²) in [5.74, 6) is 1.85. The van der Waals surface area contributed by atoms with Gasteiger partial charge in [0.15, 0.2) is 5.90 Å². The van der Waals surface area contributed by atoms with Crippen molar-refractivity contribution in [3.05, 3.63) is 12.3 Å². The van der Waals surface area contributed by atoms with E-state index in [-0.39, 0.29) is 5.54 Å². The lowest BCUT2D eigenvalue weighted by atomic mass is 9.91. The summed E-state index contributed by atoms with van der Waals surface area (Å²) in [5, 5.41) is 3.23. The van der Waals surface area contributed by atoms with Crippen LogP contribution in [0.2, 0.25) is 0 Å². The van der Waals surface area contributed by atoms with Crippen LogP contribution in [-0.2, 0) is 4.74 Å². The highest BCUT2D eigenvalue weighted by molar-refractivity contribution is 5.81. The van der Waals surface area contributed by atoms with E-state index in [1.165, 1.54) is 0 Å². The molecule has 78 valence electrons. The molecule has 0 amide bonds. The monoisotopic (exact) mass is 194 g/mol. The first-order valence-electron chi connectivity index (χ1n) is 5.21. The molecule has 2 rings (SSSR count). The molecular weight excluding hydrogens is 176 g/mol. The second kappa shape index (κ2) is 3.30. The second-order valence-corrected chi connectivity index (χ2v) is 4.78. The fourth-order valence-electron chi connectivity index (χ4n) is 1.85. The van der Waals surface area contributed by atoms with Gasteiger partial charge in [-0.25, -0.2) is 4.99 Å². The minimum absolute atomic E-state index is 0.0315. The Labute approximate surface area is 85.2 Å². The van der Waals surface area contributed by atoms with E-state index in [4.69, 9.17) is 4.74 Å². The van der Waals surface area contributed by atoms with Crippen molar-refractivity contribution >= 4 is 5.90 Å². The maximum absolute atomic E-state index is 5.65. The Kier molecular flexibility index (Phi) is 2.25. The molecule has 2 aliphatic rings. The van der Waals surface area contributed by atoms with Gasteiger partial charge in [-0.05, 0) is 26.0 Å². The quantitative estimate of drug-likeness (QED) is 0.687. The predicted octanol–water partition coefficient (Wildman–Crippen LogP) is 1.56. The lowest BCUT2D eigenvalue weighted by Crippen LogP contribution is -2.33. The number of rotatable bonds is 1. The van der Waals surface area contributed by atoms with Gasteiger partial charge in [0, 0.05) is 6.54 Å². The van der Waals surface area contributed by atoms with Gasteiger partial charge in [-0.2, -0.15) is 0 Å². The van der Waals surface area contributed by atoms with E-state index < -0.39 is 0 Å². The van der Waals surface area contributed by atoms with Gasteiger partial charge in [-0.15, -0.1) is 0 Å². The van der Waals surface area contributed by atoms with Gasteiger partial charge in [0.25, 0.3) is 0 Å². The van der Waals surface area contributed by atoms with Gasteiger partial charge in [0.2, 0.25) is 0 Å². The van der Waals surface area contributed by atoms with Crippen molar-refractivity contribution in [1.29, 1.82) is 0 Å². The summed E-state index contributed by atoms with van der Waals surface area (Å²) < 4.78 is 5.65. The van der Waals surface area contributed by atoms with Crippen LogP contribution < -0.4 is 5.32 Å². The van der Waals surface area contributed by atoms with E-state index in [9.17, 15) is 0 Å². The summed E-state index contributed by atoms with van der Waals surface area (Å²) in [7, 11) is 0. The van der Waals surface area contributed by atoms with E-state index in [2.05, 4.69) is 37.2 Å². The summed E-state index contributed by atoms with van der Waals surface area (Å²) in [6.45, 7) is 8.08. The Bertz CT molecular complexity index is 281. The summed E-state index contributed by atoms with van der Waals surface area (Å²) in [4.78, 5) is 4.62. The summed E-state index contributed by atoms with van der Waals surface area (Å²) >= 11 is 0. The largest absolute Gasteiger partial charge is 0.478 e. The van der Waals surface area contributed by atoms with Crippen LogP contribution in [0.1, 0.15) is 20.8 Å². The van der Waals surface area contributed by atoms with E-state index in [1.807, 2.05) is 6.20 Å². The van der Waals surface area contributed by atoms with Crippen molar-refractivity contribution in [3.8, 4) is 0 Å². The van der Waals surface area contributed by atoms with Crippen LogP contribution in [0.5, 0.6) is 0 Å². The van der Waals surface area contributed by atoms with Crippen LogP contribution in [0.15, 0.2) is 17.3 Å². The number of hydrogen-bond acceptors (Lipinski definition) is 3. The molecule has 1 N–H and O–H groups in total. The number of aliphatic imine (C=N–C) groups is 1. The molecular formula is C11H18N2O. The fraction of sp³-hybridized carbons (Fsp3) is 0.727. The summed E-state index contributed by atoms with van der Waals surface area (Å²) in [6, 6.07) is 0. The standard InChI is InChI=1S/C11H18N2O/c1-8-4-5-12-6-9(8)10-13-11(2,3)7-14-10/h4-5,8-9,12H,6-7H2,1-3H3. The summed E-state index contributed by atoms with van der Waals surface area (Å²) in [5.41, 5.74) is -0.0315. The third kappa shape index (κ3) is 1.76. The number of allylic oxidation sites excluding steroid dienone is 1. The Hall–Kier alpha value is -0.990. The van der Waals surface area contributed by atoms with Gasteiger partial charge in [-0.1, -0.05) is 13.0 Å². The highest BCUT2D eigenvalue weighted by Crippen LogP contribution is 2.25. The zero-order chi connectivity index (χ0) is 10.2. The first-order valence-corrected chi connectivity index (χ1v) is 5.21. The molecule has 0 spiro atoms. The number of nitrogens with one attached hydrogen (secondary N) is 1. The third-order valence-corrected chi connectivity index (χ3v) is 2.79. The average molecular weight is 194 g/mol. The molecule has 2 atom stereocenters. The van der Waals surface area contributed by atoms with Gasteiger partial charge < -0.3 is 10.1 Å². The predicted molar refractivity (Wildman–Crippen MR) is 57.3 cm³/mol. The maximum Gasteiger partial charge on any atom is 0.189 e. The van der Waals surface area contributed by atoms with E-state index >= 15 is 0 Å². The Morgan fingerprint density at radius 2 is 2.36 bits per heavy atom. The first-order chi connectivity index (χ1) is 6.58. The zero-order valence-electron chi connectivity index (χ0n) is 9.08.